The van der Waals surface area contributed by atoms with Gasteiger partial charge >= 0.3 is 0 Å². The fourth-order valence-corrected chi connectivity index (χ4v) is 4.74. The maximum atomic E-state index is 12.8. The van der Waals surface area contributed by atoms with Gasteiger partial charge in [-0.15, -0.1) is 0 Å². The fraction of sp³-hybridized carbons (Fsp3) is 0.458. The summed E-state index contributed by atoms with van der Waals surface area (Å²) in [4.78, 5) is 24.0. The molecule has 1 N–H and O–H groups in total. The van der Waals surface area contributed by atoms with E-state index >= 15 is 0 Å². The standard InChI is InChI=1S/C24H28N4O2/c29-24(25-13-12-17-7-2-1-3-8-17)18-9-6-14-28(15-18)23-22-21(26-16-27-23)19-10-4-5-11-20(19)30-22/h4-5,7,10-11,16,18H,1-3,6,8-9,12-15H2,(H,25,29)/t18-/m1/s1. The molecule has 0 unspecified atom stereocenters. The number of nitrogens with zero attached hydrogens (tertiary/aromatic N) is 3. The average molecular weight is 405 g/mol. The highest BCUT2D eigenvalue weighted by atomic mass is 16.3. The van der Waals surface area contributed by atoms with Crippen molar-refractivity contribution < 1.29 is 9.21 Å². The lowest BCUT2D eigenvalue weighted by Crippen LogP contribution is -2.43. The number of anilines is 1. The van der Waals surface area contributed by atoms with Crippen molar-refractivity contribution in [2.75, 3.05) is 24.5 Å². The Morgan fingerprint density at radius 2 is 2.13 bits per heavy atom. The number of amides is 1. The predicted octanol–water partition coefficient (Wildman–Crippen LogP) is 4.60. The molecule has 156 valence electrons. The molecule has 1 amide bonds. The van der Waals surface area contributed by atoms with E-state index in [-0.39, 0.29) is 11.8 Å². The second-order valence-electron chi connectivity index (χ2n) is 8.41. The summed E-state index contributed by atoms with van der Waals surface area (Å²) in [6.07, 6.45) is 11.8. The molecular formula is C24H28N4O2. The highest BCUT2D eigenvalue weighted by Crippen LogP contribution is 2.33. The van der Waals surface area contributed by atoms with Crippen LogP contribution in [-0.4, -0.2) is 35.5 Å². The van der Waals surface area contributed by atoms with E-state index in [2.05, 4.69) is 26.3 Å². The van der Waals surface area contributed by atoms with Gasteiger partial charge in [0.25, 0.3) is 0 Å². The van der Waals surface area contributed by atoms with E-state index in [9.17, 15) is 4.79 Å². The Balaban J connectivity index is 1.28. The van der Waals surface area contributed by atoms with Crippen molar-refractivity contribution in [3.05, 3.63) is 42.2 Å². The minimum Gasteiger partial charge on any atom is -0.450 e. The lowest BCUT2D eigenvalue weighted by Gasteiger charge is -2.32. The van der Waals surface area contributed by atoms with E-state index in [0.717, 1.165) is 54.7 Å². The Hall–Kier alpha value is -2.89. The average Bonchev–Trinajstić information content (AvgIpc) is 3.19. The minimum absolute atomic E-state index is 0.0199. The van der Waals surface area contributed by atoms with E-state index < -0.39 is 0 Å². The molecule has 2 aromatic heterocycles. The van der Waals surface area contributed by atoms with Gasteiger partial charge in [0.2, 0.25) is 5.91 Å². The number of carbonyl (C=O) groups is 1. The number of para-hydroxylation sites is 1. The Labute approximate surface area is 176 Å². The largest absolute Gasteiger partial charge is 0.450 e. The predicted molar refractivity (Wildman–Crippen MR) is 118 cm³/mol. The third-order valence-corrected chi connectivity index (χ3v) is 6.36. The van der Waals surface area contributed by atoms with Crippen molar-refractivity contribution in [1.29, 1.82) is 0 Å². The number of hydrogen-bond donors (Lipinski definition) is 1. The fourth-order valence-electron chi connectivity index (χ4n) is 4.74. The molecule has 5 rings (SSSR count). The van der Waals surface area contributed by atoms with Gasteiger partial charge in [-0.2, -0.15) is 0 Å². The van der Waals surface area contributed by atoms with Gasteiger partial charge in [-0.25, -0.2) is 9.97 Å². The van der Waals surface area contributed by atoms with Crippen molar-refractivity contribution >= 4 is 33.8 Å². The summed E-state index contributed by atoms with van der Waals surface area (Å²) in [5.41, 5.74) is 3.87. The summed E-state index contributed by atoms with van der Waals surface area (Å²) >= 11 is 0. The number of rotatable bonds is 5. The molecule has 0 radical (unpaired) electrons. The second kappa shape index (κ2) is 8.46. The molecular weight excluding hydrogens is 376 g/mol. The molecule has 6 nitrogen and oxygen atoms in total. The molecule has 3 aromatic rings. The number of aromatic nitrogens is 2. The lowest BCUT2D eigenvalue weighted by molar-refractivity contribution is -0.125. The van der Waals surface area contributed by atoms with E-state index in [4.69, 9.17) is 4.42 Å². The number of piperidine rings is 1. The number of carbonyl (C=O) groups excluding carboxylic acids is 1. The highest BCUT2D eigenvalue weighted by Gasteiger charge is 2.28. The first-order valence-electron chi connectivity index (χ1n) is 11.1. The Morgan fingerprint density at radius 1 is 1.20 bits per heavy atom. The highest BCUT2D eigenvalue weighted by molar-refractivity contribution is 6.05. The van der Waals surface area contributed by atoms with Gasteiger partial charge in [0.15, 0.2) is 11.4 Å². The summed E-state index contributed by atoms with van der Waals surface area (Å²) in [5, 5.41) is 4.17. The van der Waals surface area contributed by atoms with Crippen LogP contribution in [0.4, 0.5) is 5.82 Å². The Kier molecular flexibility index (Phi) is 5.39. The maximum Gasteiger partial charge on any atom is 0.224 e. The van der Waals surface area contributed by atoms with Crippen LogP contribution in [0.1, 0.15) is 44.9 Å². The summed E-state index contributed by atoms with van der Waals surface area (Å²) in [5.74, 6) is 0.931. The number of benzene rings is 1. The SMILES string of the molecule is O=C(NCCC1=CCCCC1)[C@@H]1CCCN(c2ncnc3c2oc2ccccc23)C1. The second-order valence-corrected chi connectivity index (χ2v) is 8.41. The molecule has 1 fully saturated rings. The topological polar surface area (TPSA) is 71.3 Å². The quantitative estimate of drug-likeness (QED) is 0.629. The van der Waals surface area contributed by atoms with Crippen LogP contribution in [0.15, 0.2) is 46.7 Å². The summed E-state index contributed by atoms with van der Waals surface area (Å²) < 4.78 is 6.09. The molecule has 1 aliphatic carbocycles. The van der Waals surface area contributed by atoms with Crippen molar-refractivity contribution in [1.82, 2.24) is 15.3 Å². The third kappa shape index (κ3) is 3.78. The Morgan fingerprint density at radius 3 is 3.03 bits per heavy atom. The van der Waals surface area contributed by atoms with Gasteiger partial charge in [0.05, 0.1) is 5.92 Å². The first kappa shape index (κ1) is 19.1. The van der Waals surface area contributed by atoms with Gasteiger partial charge < -0.3 is 14.6 Å². The molecule has 1 aliphatic heterocycles. The number of allylic oxidation sites excluding steroid dienone is 1. The van der Waals surface area contributed by atoms with Crippen LogP contribution in [0.2, 0.25) is 0 Å². The van der Waals surface area contributed by atoms with Gasteiger partial charge in [-0.05, 0) is 57.1 Å². The summed E-state index contributed by atoms with van der Waals surface area (Å²) in [7, 11) is 0. The number of furan rings is 1. The van der Waals surface area contributed by atoms with Crippen LogP contribution in [0.5, 0.6) is 0 Å². The molecule has 30 heavy (non-hydrogen) atoms. The van der Waals surface area contributed by atoms with E-state index in [0.29, 0.717) is 12.1 Å². The maximum absolute atomic E-state index is 12.8. The number of fused-ring (bicyclic) bond motifs is 3. The third-order valence-electron chi connectivity index (χ3n) is 6.36. The van der Waals surface area contributed by atoms with Gasteiger partial charge in [0, 0.05) is 25.0 Å². The Bertz CT molecular complexity index is 1090. The molecule has 2 aliphatic rings. The first-order chi connectivity index (χ1) is 14.8. The molecule has 1 saturated heterocycles. The summed E-state index contributed by atoms with van der Waals surface area (Å²) in [6.45, 7) is 2.28. The lowest BCUT2D eigenvalue weighted by atomic mass is 9.96. The normalized spacial score (nSPS) is 19.8. The van der Waals surface area contributed by atoms with Crippen molar-refractivity contribution in [3.63, 3.8) is 0 Å². The zero-order chi connectivity index (χ0) is 20.3. The van der Waals surface area contributed by atoms with Crippen molar-refractivity contribution in [3.8, 4) is 0 Å². The van der Waals surface area contributed by atoms with Gasteiger partial charge in [0.1, 0.15) is 17.4 Å². The van der Waals surface area contributed by atoms with Crippen LogP contribution in [0, 0.1) is 5.92 Å². The van der Waals surface area contributed by atoms with Crippen molar-refractivity contribution in [2.45, 2.75) is 44.9 Å². The molecule has 0 spiro atoms. The molecule has 0 saturated carbocycles. The molecule has 1 atom stereocenters. The van der Waals surface area contributed by atoms with Crippen LogP contribution in [0.3, 0.4) is 0 Å². The van der Waals surface area contributed by atoms with Crippen molar-refractivity contribution in [2.24, 2.45) is 5.92 Å². The number of nitrogens with one attached hydrogen (secondary N) is 1. The number of hydrogen-bond acceptors (Lipinski definition) is 5. The molecule has 6 heteroatoms. The minimum atomic E-state index is -0.0199. The van der Waals surface area contributed by atoms with Crippen LogP contribution < -0.4 is 10.2 Å². The molecule has 1 aromatic carbocycles. The first-order valence-corrected chi connectivity index (χ1v) is 11.1. The monoisotopic (exact) mass is 404 g/mol. The zero-order valence-electron chi connectivity index (χ0n) is 17.3. The van der Waals surface area contributed by atoms with Crippen LogP contribution in [-0.2, 0) is 4.79 Å². The molecule has 0 bridgehead atoms. The zero-order valence-corrected chi connectivity index (χ0v) is 17.3. The van der Waals surface area contributed by atoms with Crippen LogP contribution in [0.25, 0.3) is 22.1 Å². The van der Waals surface area contributed by atoms with E-state index in [1.807, 2.05) is 24.3 Å². The van der Waals surface area contributed by atoms with Gasteiger partial charge in [-0.3, -0.25) is 4.79 Å². The van der Waals surface area contributed by atoms with Gasteiger partial charge in [-0.1, -0.05) is 23.8 Å². The van der Waals surface area contributed by atoms with Crippen LogP contribution >= 0.6 is 0 Å². The van der Waals surface area contributed by atoms with E-state index in [1.165, 1.54) is 31.3 Å². The molecule has 3 heterocycles. The van der Waals surface area contributed by atoms with E-state index in [1.54, 1.807) is 6.33 Å². The smallest absolute Gasteiger partial charge is 0.224 e. The summed E-state index contributed by atoms with van der Waals surface area (Å²) in [6, 6.07) is 7.92.